The number of carbonyl (C=O) groups excluding carboxylic acids is 2. The molecule has 2 aliphatic heterocycles. The molecule has 9 heteroatoms. The summed E-state index contributed by atoms with van der Waals surface area (Å²) in [6, 6.07) is 5.17. The molecular formula is C22H30N4O5. The van der Waals surface area contributed by atoms with Crippen molar-refractivity contribution in [3.05, 3.63) is 23.8 Å². The van der Waals surface area contributed by atoms with Crippen molar-refractivity contribution in [1.29, 1.82) is 0 Å². The van der Waals surface area contributed by atoms with E-state index in [1.165, 1.54) is 0 Å². The maximum Gasteiger partial charge on any atom is 0.337 e. The van der Waals surface area contributed by atoms with Gasteiger partial charge in [-0.15, -0.1) is 0 Å². The summed E-state index contributed by atoms with van der Waals surface area (Å²) in [5.41, 5.74) is 1.27. The summed E-state index contributed by atoms with van der Waals surface area (Å²) >= 11 is 0. The number of carbonyl (C=O) groups is 3. The van der Waals surface area contributed by atoms with Crippen LogP contribution in [0, 0.1) is 5.92 Å². The Balaban J connectivity index is 1.34. The van der Waals surface area contributed by atoms with Crippen molar-refractivity contribution in [2.24, 2.45) is 5.92 Å². The monoisotopic (exact) mass is 430 g/mol. The average molecular weight is 431 g/mol. The Morgan fingerprint density at radius 2 is 1.74 bits per heavy atom. The van der Waals surface area contributed by atoms with Crippen LogP contribution in [0.2, 0.25) is 0 Å². The fraction of sp³-hybridized carbons (Fsp3) is 0.591. The van der Waals surface area contributed by atoms with Gasteiger partial charge in [0.15, 0.2) is 0 Å². The molecule has 31 heavy (non-hydrogen) atoms. The van der Waals surface area contributed by atoms with E-state index in [2.05, 4.69) is 15.1 Å². The van der Waals surface area contributed by atoms with Crippen LogP contribution < -0.4 is 10.2 Å². The number of morpholine rings is 1. The molecule has 2 amide bonds. The fourth-order valence-electron chi connectivity index (χ4n) is 4.19. The lowest BCUT2D eigenvalue weighted by Gasteiger charge is -2.37. The van der Waals surface area contributed by atoms with E-state index in [0.717, 1.165) is 38.0 Å². The smallest absolute Gasteiger partial charge is 0.337 e. The van der Waals surface area contributed by atoms with E-state index in [4.69, 9.17) is 4.74 Å². The van der Waals surface area contributed by atoms with Crippen molar-refractivity contribution in [3.63, 3.8) is 0 Å². The van der Waals surface area contributed by atoms with Crippen LogP contribution in [0.1, 0.15) is 29.6 Å². The standard InChI is InChI=1S/C22H30N4O5/c27-20(26-10-12-31-13-11-26)15-24-6-8-25(9-7-24)17-4-5-19(18(14-17)22(29)30)23-21(28)16-2-1-3-16/h4-5,14,16H,1-3,6-13,15H2,(H,23,28)(H,29,30). The molecule has 3 fully saturated rings. The van der Waals surface area contributed by atoms with E-state index < -0.39 is 5.97 Å². The molecule has 2 saturated heterocycles. The van der Waals surface area contributed by atoms with Gasteiger partial charge in [0.1, 0.15) is 0 Å². The topological polar surface area (TPSA) is 102 Å². The highest BCUT2D eigenvalue weighted by atomic mass is 16.5. The molecule has 1 aromatic rings. The van der Waals surface area contributed by atoms with Crippen molar-refractivity contribution >= 4 is 29.2 Å². The third kappa shape index (κ3) is 5.16. The molecular weight excluding hydrogens is 400 g/mol. The van der Waals surface area contributed by atoms with Crippen molar-refractivity contribution < 1.29 is 24.2 Å². The number of benzene rings is 1. The highest BCUT2D eigenvalue weighted by molar-refractivity contribution is 6.02. The summed E-state index contributed by atoms with van der Waals surface area (Å²) in [6.45, 7) is 5.80. The first-order valence-corrected chi connectivity index (χ1v) is 11.0. The number of nitrogens with zero attached hydrogens (tertiary/aromatic N) is 3. The van der Waals surface area contributed by atoms with Crippen LogP contribution in [-0.4, -0.2) is 91.7 Å². The van der Waals surface area contributed by atoms with E-state index in [0.29, 0.717) is 51.6 Å². The van der Waals surface area contributed by atoms with Gasteiger partial charge < -0.3 is 25.0 Å². The van der Waals surface area contributed by atoms with Gasteiger partial charge in [-0.25, -0.2) is 4.79 Å². The van der Waals surface area contributed by atoms with Crippen molar-refractivity contribution in [1.82, 2.24) is 9.80 Å². The van der Waals surface area contributed by atoms with Crippen LogP contribution >= 0.6 is 0 Å². The van der Waals surface area contributed by atoms with Gasteiger partial charge in [0, 0.05) is 50.9 Å². The number of hydrogen-bond donors (Lipinski definition) is 2. The average Bonchev–Trinajstić information content (AvgIpc) is 2.74. The molecule has 9 nitrogen and oxygen atoms in total. The maximum atomic E-state index is 12.5. The lowest BCUT2D eigenvalue weighted by atomic mass is 9.85. The van der Waals surface area contributed by atoms with Crippen LogP contribution in [-0.2, 0) is 14.3 Å². The number of nitrogens with one attached hydrogen (secondary N) is 1. The summed E-state index contributed by atoms with van der Waals surface area (Å²) in [5.74, 6) is -1.02. The Morgan fingerprint density at radius 1 is 1.03 bits per heavy atom. The summed E-state index contributed by atoms with van der Waals surface area (Å²) in [5, 5.41) is 12.4. The molecule has 2 heterocycles. The largest absolute Gasteiger partial charge is 0.478 e. The molecule has 1 saturated carbocycles. The number of rotatable bonds is 6. The van der Waals surface area contributed by atoms with E-state index >= 15 is 0 Å². The summed E-state index contributed by atoms with van der Waals surface area (Å²) < 4.78 is 5.30. The van der Waals surface area contributed by atoms with Crippen molar-refractivity contribution in [2.75, 3.05) is 69.2 Å². The Morgan fingerprint density at radius 3 is 2.35 bits per heavy atom. The maximum absolute atomic E-state index is 12.5. The number of aromatic carboxylic acids is 1. The quantitative estimate of drug-likeness (QED) is 0.697. The van der Waals surface area contributed by atoms with Crippen molar-refractivity contribution in [2.45, 2.75) is 19.3 Å². The van der Waals surface area contributed by atoms with Crippen molar-refractivity contribution in [3.8, 4) is 0 Å². The Hall–Kier alpha value is -2.65. The number of piperazine rings is 1. The normalized spacial score (nSPS) is 20.3. The summed E-state index contributed by atoms with van der Waals surface area (Å²) in [6.07, 6.45) is 2.78. The predicted molar refractivity (Wildman–Crippen MR) is 115 cm³/mol. The summed E-state index contributed by atoms with van der Waals surface area (Å²) in [4.78, 5) is 42.6. The van der Waals surface area contributed by atoms with Gasteiger partial charge in [0.05, 0.1) is 31.0 Å². The molecule has 0 aromatic heterocycles. The second-order valence-electron chi connectivity index (χ2n) is 8.41. The third-order valence-corrected chi connectivity index (χ3v) is 6.43. The SMILES string of the molecule is O=C(O)c1cc(N2CCN(CC(=O)N3CCOCC3)CC2)ccc1NC(=O)C1CCC1. The Labute approximate surface area is 181 Å². The number of anilines is 2. The van der Waals surface area contributed by atoms with Gasteiger partial charge in [-0.2, -0.15) is 0 Å². The molecule has 168 valence electrons. The molecule has 0 unspecified atom stereocenters. The van der Waals surface area contributed by atoms with Crippen LogP contribution in [0.5, 0.6) is 0 Å². The zero-order valence-electron chi connectivity index (χ0n) is 17.7. The van der Waals surface area contributed by atoms with Crippen LogP contribution in [0.15, 0.2) is 18.2 Å². The molecule has 0 spiro atoms. The highest BCUT2D eigenvalue weighted by Gasteiger charge is 2.27. The Kier molecular flexibility index (Phi) is 6.72. The lowest BCUT2D eigenvalue weighted by Crippen LogP contribution is -2.51. The minimum absolute atomic E-state index is 0.00503. The van der Waals surface area contributed by atoms with Gasteiger partial charge in [-0.1, -0.05) is 6.42 Å². The molecule has 0 bridgehead atoms. The first-order chi connectivity index (χ1) is 15.0. The molecule has 1 aromatic carbocycles. The second-order valence-corrected chi connectivity index (χ2v) is 8.41. The number of carboxylic acids is 1. The molecule has 0 atom stereocenters. The zero-order valence-corrected chi connectivity index (χ0v) is 17.7. The van der Waals surface area contributed by atoms with Crippen LogP contribution in [0.25, 0.3) is 0 Å². The Bertz CT molecular complexity index is 827. The molecule has 2 N–H and O–H groups in total. The first kappa shape index (κ1) is 21.6. The second kappa shape index (κ2) is 9.65. The number of ether oxygens (including phenoxy) is 1. The van der Waals surface area contributed by atoms with Crippen LogP contribution in [0.3, 0.4) is 0 Å². The molecule has 3 aliphatic rings. The number of carboxylic acid groups (broad SMARTS) is 1. The van der Waals surface area contributed by atoms with Gasteiger partial charge in [0.2, 0.25) is 11.8 Å². The minimum atomic E-state index is -1.06. The van der Waals surface area contributed by atoms with Gasteiger partial charge in [-0.3, -0.25) is 14.5 Å². The number of hydrogen-bond acceptors (Lipinski definition) is 6. The molecule has 4 rings (SSSR count). The van der Waals surface area contributed by atoms with E-state index in [9.17, 15) is 19.5 Å². The zero-order chi connectivity index (χ0) is 21.8. The van der Waals surface area contributed by atoms with Gasteiger partial charge in [0.25, 0.3) is 0 Å². The first-order valence-electron chi connectivity index (χ1n) is 11.0. The lowest BCUT2D eigenvalue weighted by molar-refractivity contribution is -0.136. The highest BCUT2D eigenvalue weighted by Crippen LogP contribution is 2.30. The minimum Gasteiger partial charge on any atom is -0.478 e. The molecule has 1 aliphatic carbocycles. The third-order valence-electron chi connectivity index (χ3n) is 6.43. The van der Waals surface area contributed by atoms with E-state index in [1.807, 2.05) is 11.0 Å². The summed E-state index contributed by atoms with van der Waals surface area (Å²) in [7, 11) is 0. The molecule has 0 radical (unpaired) electrons. The van der Waals surface area contributed by atoms with Crippen LogP contribution in [0.4, 0.5) is 11.4 Å². The number of amides is 2. The van der Waals surface area contributed by atoms with E-state index in [-0.39, 0.29) is 23.3 Å². The predicted octanol–water partition coefficient (Wildman–Crippen LogP) is 1.10. The van der Waals surface area contributed by atoms with Gasteiger partial charge >= 0.3 is 5.97 Å². The fourth-order valence-corrected chi connectivity index (χ4v) is 4.19. The van der Waals surface area contributed by atoms with E-state index in [1.54, 1.807) is 12.1 Å². The van der Waals surface area contributed by atoms with Gasteiger partial charge in [-0.05, 0) is 31.0 Å².